The lowest BCUT2D eigenvalue weighted by molar-refractivity contribution is -0.227. The highest BCUT2D eigenvalue weighted by atomic mass is 16.6. The van der Waals surface area contributed by atoms with Crippen LogP contribution in [0.25, 0.3) is 0 Å². The molecule has 0 aromatic rings. The van der Waals surface area contributed by atoms with Crippen molar-refractivity contribution >= 4 is 0 Å². The first-order chi connectivity index (χ1) is 5.57. The molecule has 12 heavy (non-hydrogen) atoms. The van der Waals surface area contributed by atoms with E-state index in [-0.39, 0.29) is 0 Å². The lowest BCUT2D eigenvalue weighted by Crippen LogP contribution is -2.61. The maximum Gasteiger partial charge on any atom is 0.135 e. The molecule has 0 aliphatic carbocycles. The number of rotatable bonds is 1. The van der Waals surface area contributed by atoms with E-state index in [1.807, 2.05) is 0 Å². The molecule has 0 amide bonds. The van der Waals surface area contributed by atoms with Gasteiger partial charge in [0, 0.05) is 0 Å². The van der Waals surface area contributed by atoms with Gasteiger partial charge in [0.05, 0.1) is 6.61 Å². The Morgan fingerprint density at radius 3 is 2.17 bits per heavy atom. The number of aliphatic hydroxyl groups excluding tert-OH is 4. The van der Waals surface area contributed by atoms with Crippen molar-refractivity contribution in [1.29, 1.82) is 0 Å². The van der Waals surface area contributed by atoms with E-state index in [9.17, 15) is 5.11 Å². The van der Waals surface area contributed by atoms with Gasteiger partial charge in [-0.2, -0.15) is 0 Å². The van der Waals surface area contributed by atoms with Gasteiger partial charge in [-0.05, 0) is 0 Å². The van der Waals surface area contributed by atoms with Crippen LogP contribution in [0.5, 0.6) is 0 Å². The van der Waals surface area contributed by atoms with Crippen LogP contribution in [0.15, 0.2) is 0 Å². The zero-order valence-corrected chi connectivity index (χ0v) is 6.37. The van der Waals surface area contributed by atoms with Crippen LogP contribution in [0.4, 0.5) is 0 Å². The molecule has 1 aliphatic heterocycles. The van der Waals surface area contributed by atoms with Crippen LogP contribution in [0.3, 0.4) is 0 Å². The van der Waals surface area contributed by atoms with E-state index in [0.29, 0.717) is 0 Å². The quantitative estimate of drug-likeness (QED) is 0.288. The third kappa shape index (κ3) is 1.58. The van der Waals surface area contributed by atoms with E-state index >= 15 is 0 Å². The Bertz CT molecular complexity index is 150. The van der Waals surface area contributed by atoms with Gasteiger partial charge in [-0.15, -0.1) is 0 Å². The zero-order chi connectivity index (χ0) is 9.30. The molecule has 1 rings (SSSR count). The lowest BCUT2D eigenvalue weighted by Gasteiger charge is -2.38. The second-order valence-electron chi connectivity index (χ2n) is 2.79. The van der Waals surface area contributed by atoms with Crippen molar-refractivity contribution < 1.29 is 25.2 Å². The maximum atomic E-state index is 9.18. The summed E-state index contributed by atoms with van der Waals surface area (Å²) in [5.41, 5.74) is 5.24. The Morgan fingerprint density at radius 2 is 1.67 bits per heavy atom. The highest BCUT2D eigenvalue weighted by Gasteiger charge is 2.41. The minimum Gasteiger partial charge on any atom is -0.394 e. The predicted molar refractivity (Wildman–Crippen MR) is 38.0 cm³/mol. The molecule has 1 heterocycles. The largest absolute Gasteiger partial charge is 0.394 e. The van der Waals surface area contributed by atoms with Crippen molar-refractivity contribution in [2.24, 2.45) is 5.73 Å². The molecule has 0 spiro atoms. The summed E-state index contributed by atoms with van der Waals surface area (Å²) < 4.78 is 4.80. The fraction of sp³-hybridized carbons (Fsp3) is 1.00. The normalized spacial score (nSPS) is 49.2. The second-order valence-corrected chi connectivity index (χ2v) is 2.79. The van der Waals surface area contributed by atoms with Crippen LogP contribution >= 0.6 is 0 Å². The fourth-order valence-electron chi connectivity index (χ4n) is 1.13. The van der Waals surface area contributed by atoms with Gasteiger partial charge >= 0.3 is 0 Å². The van der Waals surface area contributed by atoms with Crippen LogP contribution < -0.4 is 5.73 Å². The molecule has 0 aromatic heterocycles. The Morgan fingerprint density at radius 1 is 1.08 bits per heavy atom. The summed E-state index contributed by atoms with van der Waals surface area (Å²) in [4.78, 5) is 0. The second kappa shape index (κ2) is 3.65. The number of nitrogens with two attached hydrogens (primary N) is 1. The van der Waals surface area contributed by atoms with Crippen LogP contribution in [-0.2, 0) is 4.74 Å². The first-order valence-electron chi connectivity index (χ1n) is 3.64. The smallest absolute Gasteiger partial charge is 0.135 e. The first-order valence-corrected chi connectivity index (χ1v) is 3.64. The predicted octanol–water partition coefficient (Wildman–Crippen LogP) is -3.25. The summed E-state index contributed by atoms with van der Waals surface area (Å²) in [6.07, 6.45) is -5.99. The molecule has 6 N–H and O–H groups in total. The van der Waals surface area contributed by atoms with Crippen molar-refractivity contribution in [2.45, 2.75) is 30.6 Å². The van der Waals surface area contributed by atoms with Crippen molar-refractivity contribution in [3.63, 3.8) is 0 Å². The zero-order valence-electron chi connectivity index (χ0n) is 6.37. The van der Waals surface area contributed by atoms with Crippen molar-refractivity contribution in [3.05, 3.63) is 0 Å². The Labute approximate surface area is 69.2 Å². The molecular formula is C6H13NO5. The summed E-state index contributed by atoms with van der Waals surface area (Å²) in [5, 5.41) is 36.1. The average Bonchev–Trinajstić information content (AvgIpc) is 2.08. The molecule has 1 saturated heterocycles. The lowest BCUT2D eigenvalue weighted by atomic mass is 9.99. The highest BCUT2D eigenvalue weighted by molar-refractivity contribution is 4.89. The molecule has 0 aromatic carbocycles. The molecule has 5 atom stereocenters. The Balaban J connectivity index is 2.63. The molecule has 3 unspecified atom stereocenters. The Hall–Kier alpha value is -0.240. The van der Waals surface area contributed by atoms with Gasteiger partial charge in [0.15, 0.2) is 0 Å². The molecule has 72 valence electrons. The molecule has 0 radical (unpaired) electrons. The number of ether oxygens (including phenoxy) is 1. The molecule has 0 saturated carbocycles. The van der Waals surface area contributed by atoms with E-state index in [2.05, 4.69) is 0 Å². The van der Waals surface area contributed by atoms with E-state index in [1.54, 1.807) is 0 Å². The van der Waals surface area contributed by atoms with E-state index in [4.69, 9.17) is 25.8 Å². The van der Waals surface area contributed by atoms with Gasteiger partial charge in [-0.3, -0.25) is 0 Å². The van der Waals surface area contributed by atoms with E-state index in [0.717, 1.165) is 0 Å². The third-order valence-electron chi connectivity index (χ3n) is 1.93. The molecule has 1 fully saturated rings. The van der Waals surface area contributed by atoms with Gasteiger partial charge < -0.3 is 30.9 Å². The first kappa shape index (κ1) is 9.85. The van der Waals surface area contributed by atoms with E-state index in [1.165, 1.54) is 0 Å². The van der Waals surface area contributed by atoms with Gasteiger partial charge in [-0.1, -0.05) is 0 Å². The number of hydrogen-bond donors (Lipinski definition) is 5. The summed E-state index contributed by atoms with van der Waals surface area (Å²) in [5.74, 6) is 0. The number of hydrogen-bond acceptors (Lipinski definition) is 6. The monoisotopic (exact) mass is 179 g/mol. The standard InChI is InChI=1S/C6H13NO5/c7-6-5(11)4(10)3(9)2(1-8)12-6/h2-6,8-11H,1,7H2/t2?,3-,4+,5?,6?/m1/s1. The summed E-state index contributed by atoms with van der Waals surface area (Å²) in [6, 6.07) is 0. The van der Waals surface area contributed by atoms with Crippen LogP contribution in [-0.4, -0.2) is 57.7 Å². The molecule has 6 heteroatoms. The molecule has 1 aliphatic rings. The SMILES string of the molecule is NC1OC(CO)[C@@H](O)[C@H](O)C1O. The summed E-state index contributed by atoms with van der Waals surface area (Å²) in [7, 11) is 0. The van der Waals surface area contributed by atoms with Gasteiger partial charge in [0.1, 0.15) is 30.6 Å². The van der Waals surface area contributed by atoms with Crippen LogP contribution in [0, 0.1) is 0 Å². The van der Waals surface area contributed by atoms with E-state index < -0.39 is 37.3 Å². The van der Waals surface area contributed by atoms with Gasteiger partial charge in [0.2, 0.25) is 0 Å². The van der Waals surface area contributed by atoms with Crippen molar-refractivity contribution in [1.82, 2.24) is 0 Å². The van der Waals surface area contributed by atoms with Gasteiger partial charge in [-0.25, -0.2) is 0 Å². The fourth-order valence-corrected chi connectivity index (χ4v) is 1.13. The van der Waals surface area contributed by atoms with Gasteiger partial charge in [0.25, 0.3) is 0 Å². The highest BCUT2D eigenvalue weighted by Crippen LogP contribution is 2.17. The van der Waals surface area contributed by atoms with Crippen molar-refractivity contribution in [3.8, 4) is 0 Å². The Kier molecular flexibility index (Phi) is 2.99. The molecule has 0 bridgehead atoms. The average molecular weight is 179 g/mol. The summed E-state index contributed by atoms with van der Waals surface area (Å²) >= 11 is 0. The van der Waals surface area contributed by atoms with Crippen LogP contribution in [0.2, 0.25) is 0 Å². The minimum atomic E-state index is -1.37. The minimum absolute atomic E-state index is 0.446. The van der Waals surface area contributed by atoms with Crippen molar-refractivity contribution in [2.75, 3.05) is 6.61 Å². The third-order valence-corrected chi connectivity index (χ3v) is 1.93. The topological polar surface area (TPSA) is 116 Å². The molecular weight excluding hydrogens is 166 g/mol. The molecule has 6 nitrogen and oxygen atoms in total. The maximum absolute atomic E-state index is 9.18. The number of aliphatic hydroxyl groups is 4. The summed E-state index contributed by atoms with van der Waals surface area (Å²) in [6.45, 7) is -0.446. The van der Waals surface area contributed by atoms with Crippen LogP contribution in [0.1, 0.15) is 0 Å².